The molecular weight excluding hydrogens is 226 g/mol. The van der Waals surface area contributed by atoms with Gasteiger partial charge in [0, 0.05) is 31.1 Å². The number of likely N-dealkylation sites (N-methyl/N-ethyl adjacent to an activating group) is 2. The molecule has 4 nitrogen and oxygen atoms in total. The fourth-order valence-electron chi connectivity index (χ4n) is 3.33. The van der Waals surface area contributed by atoms with E-state index >= 15 is 0 Å². The topological polar surface area (TPSA) is 27.7 Å². The molecule has 0 spiro atoms. The van der Waals surface area contributed by atoms with Crippen molar-refractivity contribution in [3.05, 3.63) is 0 Å². The van der Waals surface area contributed by atoms with Crippen LogP contribution >= 0.6 is 0 Å². The van der Waals surface area contributed by atoms with Crippen LogP contribution in [0.5, 0.6) is 0 Å². The Bertz CT molecular complexity index is 247. The molecule has 0 bridgehead atoms. The molecule has 1 N–H and O–H groups in total. The summed E-state index contributed by atoms with van der Waals surface area (Å²) in [6, 6.07) is 1.32. The van der Waals surface area contributed by atoms with Crippen LogP contribution in [0.2, 0.25) is 0 Å². The van der Waals surface area contributed by atoms with Gasteiger partial charge in [0.1, 0.15) is 0 Å². The van der Waals surface area contributed by atoms with Crippen molar-refractivity contribution in [3.63, 3.8) is 0 Å². The highest BCUT2D eigenvalue weighted by Gasteiger charge is 2.33. The molecule has 0 saturated carbocycles. The van der Waals surface area contributed by atoms with Crippen LogP contribution in [0.1, 0.15) is 19.8 Å². The first-order valence-electron chi connectivity index (χ1n) is 7.40. The maximum Gasteiger partial charge on any atom is 0.0623 e. The van der Waals surface area contributed by atoms with Gasteiger partial charge in [-0.15, -0.1) is 0 Å². The van der Waals surface area contributed by atoms with Gasteiger partial charge in [-0.25, -0.2) is 0 Å². The third kappa shape index (κ3) is 3.67. The minimum atomic E-state index is 0.565. The number of ether oxygens (including phenoxy) is 1. The lowest BCUT2D eigenvalue weighted by Crippen LogP contribution is -2.45. The lowest BCUT2D eigenvalue weighted by atomic mass is 10.0. The Hall–Kier alpha value is -0.160. The molecule has 2 fully saturated rings. The van der Waals surface area contributed by atoms with E-state index in [4.69, 9.17) is 4.74 Å². The lowest BCUT2D eigenvalue weighted by molar-refractivity contribution is 0.152. The molecule has 106 valence electrons. The van der Waals surface area contributed by atoms with Crippen molar-refractivity contribution >= 4 is 0 Å². The van der Waals surface area contributed by atoms with Crippen LogP contribution in [0, 0.1) is 5.92 Å². The minimum Gasteiger partial charge on any atom is -0.379 e. The number of likely N-dealkylation sites (tertiary alicyclic amines) is 1. The van der Waals surface area contributed by atoms with Crippen LogP contribution in [0.4, 0.5) is 0 Å². The second kappa shape index (κ2) is 6.85. The molecule has 2 aliphatic heterocycles. The van der Waals surface area contributed by atoms with Crippen LogP contribution in [-0.4, -0.2) is 75.4 Å². The summed E-state index contributed by atoms with van der Waals surface area (Å²) in [6.45, 7) is 8.72. The van der Waals surface area contributed by atoms with Crippen LogP contribution in [0.15, 0.2) is 0 Å². The molecule has 0 aliphatic carbocycles. The van der Waals surface area contributed by atoms with Crippen molar-refractivity contribution in [2.24, 2.45) is 5.92 Å². The highest BCUT2D eigenvalue weighted by molar-refractivity contribution is 4.88. The van der Waals surface area contributed by atoms with Gasteiger partial charge in [-0.1, -0.05) is 6.92 Å². The zero-order valence-electron chi connectivity index (χ0n) is 12.2. The Kier molecular flexibility index (Phi) is 5.42. The Morgan fingerprint density at radius 1 is 1.33 bits per heavy atom. The Labute approximate surface area is 112 Å². The predicted octanol–water partition coefficient (Wildman–Crippen LogP) is 0.637. The van der Waals surface area contributed by atoms with Gasteiger partial charge in [-0.05, 0) is 40.0 Å². The Morgan fingerprint density at radius 3 is 2.89 bits per heavy atom. The molecule has 3 atom stereocenters. The van der Waals surface area contributed by atoms with Crippen molar-refractivity contribution < 1.29 is 4.74 Å². The van der Waals surface area contributed by atoms with Gasteiger partial charge in [-0.2, -0.15) is 0 Å². The molecular formula is C14H29N3O. The van der Waals surface area contributed by atoms with Crippen LogP contribution < -0.4 is 5.32 Å². The van der Waals surface area contributed by atoms with E-state index in [9.17, 15) is 0 Å². The quantitative estimate of drug-likeness (QED) is 0.754. The molecule has 2 aliphatic rings. The summed E-state index contributed by atoms with van der Waals surface area (Å²) in [6.07, 6.45) is 2.72. The van der Waals surface area contributed by atoms with E-state index in [1.54, 1.807) is 0 Å². The van der Waals surface area contributed by atoms with Crippen LogP contribution in [0.3, 0.4) is 0 Å². The summed E-state index contributed by atoms with van der Waals surface area (Å²) >= 11 is 0. The molecule has 3 unspecified atom stereocenters. The van der Waals surface area contributed by atoms with Gasteiger partial charge in [0.2, 0.25) is 0 Å². The highest BCUT2D eigenvalue weighted by Crippen LogP contribution is 2.22. The SMILES string of the molecule is CCNC1COCC1CN1CCCC1CN(C)C. The van der Waals surface area contributed by atoms with Gasteiger partial charge < -0.3 is 15.0 Å². The second-order valence-electron chi connectivity index (χ2n) is 6.01. The van der Waals surface area contributed by atoms with Crippen molar-refractivity contribution in [3.8, 4) is 0 Å². The van der Waals surface area contributed by atoms with Gasteiger partial charge in [-0.3, -0.25) is 4.90 Å². The van der Waals surface area contributed by atoms with Crippen molar-refractivity contribution in [2.45, 2.75) is 31.8 Å². The number of hydrogen-bond acceptors (Lipinski definition) is 4. The Morgan fingerprint density at radius 2 is 2.17 bits per heavy atom. The molecule has 2 heterocycles. The maximum absolute atomic E-state index is 5.65. The smallest absolute Gasteiger partial charge is 0.0623 e. The average Bonchev–Trinajstić information content (AvgIpc) is 2.91. The monoisotopic (exact) mass is 255 g/mol. The van der Waals surface area contributed by atoms with E-state index in [-0.39, 0.29) is 0 Å². The third-order valence-corrected chi connectivity index (χ3v) is 4.21. The number of nitrogens with one attached hydrogen (secondary N) is 1. The van der Waals surface area contributed by atoms with Crippen molar-refractivity contribution in [1.29, 1.82) is 0 Å². The first kappa shape index (κ1) is 14.3. The molecule has 4 heteroatoms. The van der Waals surface area contributed by atoms with Crippen molar-refractivity contribution in [2.75, 3.05) is 53.5 Å². The van der Waals surface area contributed by atoms with E-state index in [0.29, 0.717) is 12.0 Å². The fraction of sp³-hybridized carbons (Fsp3) is 1.00. The van der Waals surface area contributed by atoms with E-state index in [1.165, 1.54) is 32.5 Å². The summed E-state index contributed by atoms with van der Waals surface area (Å²) in [5.41, 5.74) is 0. The molecule has 18 heavy (non-hydrogen) atoms. The molecule has 0 aromatic rings. The van der Waals surface area contributed by atoms with Gasteiger partial charge in [0.05, 0.1) is 13.2 Å². The van der Waals surface area contributed by atoms with Gasteiger partial charge >= 0.3 is 0 Å². The average molecular weight is 255 g/mol. The van der Waals surface area contributed by atoms with Crippen LogP contribution in [0.25, 0.3) is 0 Å². The normalized spacial score (nSPS) is 33.7. The number of hydrogen-bond donors (Lipinski definition) is 1. The zero-order valence-corrected chi connectivity index (χ0v) is 12.2. The standard InChI is InChI=1S/C14H29N3O/c1-4-15-14-11-18-10-12(14)8-17-7-5-6-13(17)9-16(2)3/h12-15H,4-11H2,1-3H3. The zero-order chi connectivity index (χ0) is 13.0. The maximum atomic E-state index is 5.65. The molecule has 0 amide bonds. The third-order valence-electron chi connectivity index (χ3n) is 4.21. The predicted molar refractivity (Wildman–Crippen MR) is 74.9 cm³/mol. The Balaban J connectivity index is 1.83. The van der Waals surface area contributed by atoms with Crippen LogP contribution in [-0.2, 0) is 4.74 Å². The molecule has 2 saturated heterocycles. The first-order chi connectivity index (χ1) is 8.70. The highest BCUT2D eigenvalue weighted by atomic mass is 16.5. The van der Waals surface area contributed by atoms with E-state index in [0.717, 1.165) is 25.8 Å². The molecule has 0 aromatic carbocycles. The van der Waals surface area contributed by atoms with Gasteiger partial charge in [0.15, 0.2) is 0 Å². The second-order valence-corrected chi connectivity index (χ2v) is 6.01. The summed E-state index contributed by atoms with van der Waals surface area (Å²) in [7, 11) is 4.35. The van der Waals surface area contributed by atoms with Gasteiger partial charge in [0.25, 0.3) is 0 Å². The fourth-order valence-corrected chi connectivity index (χ4v) is 3.33. The summed E-state index contributed by atoms with van der Waals surface area (Å²) in [5.74, 6) is 0.674. The van der Waals surface area contributed by atoms with Crippen molar-refractivity contribution in [1.82, 2.24) is 15.1 Å². The first-order valence-corrected chi connectivity index (χ1v) is 7.40. The number of rotatable bonds is 6. The van der Waals surface area contributed by atoms with E-state index in [2.05, 4.69) is 36.1 Å². The molecule has 0 radical (unpaired) electrons. The largest absolute Gasteiger partial charge is 0.379 e. The minimum absolute atomic E-state index is 0.565. The summed E-state index contributed by atoms with van der Waals surface area (Å²) in [4.78, 5) is 5.00. The summed E-state index contributed by atoms with van der Waals surface area (Å²) in [5, 5.41) is 3.56. The molecule has 2 rings (SSSR count). The lowest BCUT2D eigenvalue weighted by Gasteiger charge is -2.30. The molecule has 0 aromatic heterocycles. The van der Waals surface area contributed by atoms with E-state index < -0.39 is 0 Å². The number of nitrogens with zero attached hydrogens (tertiary/aromatic N) is 2. The summed E-state index contributed by atoms with van der Waals surface area (Å²) < 4.78 is 5.65. The van der Waals surface area contributed by atoms with E-state index in [1.807, 2.05) is 0 Å².